The first-order chi connectivity index (χ1) is 14.9. The Morgan fingerprint density at radius 3 is 2.35 bits per heavy atom. The average Bonchev–Trinajstić information content (AvgIpc) is 2.77. The van der Waals surface area contributed by atoms with Crippen LogP contribution in [0.3, 0.4) is 0 Å². The van der Waals surface area contributed by atoms with Crippen molar-refractivity contribution in [1.29, 1.82) is 0 Å². The van der Waals surface area contributed by atoms with E-state index in [1.807, 2.05) is 49.3 Å². The second-order valence-electron chi connectivity index (χ2n) is 7.09. The van der Waals surface area contributed by atoms with Crippen molar-refractivity contribution in [1.82, 2.24) is 5.32 Å². The summed E-state index contributed by atoms with van der Waals surface area (Å²) in [4.78, 5) is 28.0. The van der Waals surface area contributed by atoms with E-state index in [1.165, 1.54) is 23.9 Å². The van der Waals surface area contributed by atoms with Crippen LogP contribution in [0.1, 0.15) is 15.9 Å². The number of hydrogen-bond acceptors (Lipinski definition) is 4. The Morgan fingerprint density at radius 1 is 0.968 bits per heavy atom. The topological polar surface area (TPSA) is 61.4 Å². The quantitative estimate of drug-likeness (QED) is 0.508. The van der Waals surface area contributed by atoms with Gasteiger partial charge in [0.2, 0.25) is 5.91 Å². The minimum atomic E-state index is -0.321. The summed E-state index contributed by atoms with van der Waals surface area (Å²) in [5, 5.41) is 5.71. The Morgan fingerprint density at radius 2 is 1.68 bits per heavy atom. The van der Waals surface area contributed by atoms with Crippen molar-refractivity contribution in [2.24, 2.45) is 0 Å². The van der Waals surface area contributed by atoms with Crippen LogP contribution in [0, 0.1) is 5.82 Å². The number of nitrogens with one attached hydrogen (secondary N) is 2. The van der Waals surface area contributed by atoms with Crippen molar-refractivity contribution >= 4 is 35.0 Å². The molecule has 3 rings (SSSR count). The van der Waals surface area contributed by atoms with E-state index < -0.39 is 0 Å². The molecule has 31 heavy (non-hydrogen) atoms. The van der Waals surface area contributed by atoms with Crippen molar-refractivity contribution in [3.63, 3.8) is 0 Å². The highest BCUT2D eigenvalue weighted by Crippen LogP contribution is 2.24. The Kier molecular flexibility index (Phi) is 7.67. The van der Waals surface area contributed by atoms with E-state index in [0.29, 0.717) is 11.3 Å². The lowest BCUT2D eigenvalue weighted by molar-refractivity contribution is -0.113. The van der Waals surface area contributed by atoms with Crippen molar-refractivity contribution in [3.8, 4) is 0 Å². The fourth-order valence-electron chi connectivity index (χ4n) is 2.93. The molecule has 3 aromatic rings. The van der Waals surface area contributed by atoms with E-state index in [0.717, 1.165) is 16.1 Å². The Balaban J connectivity index is 1.67. The summed E-state index contributed by atoms with van der Waals surface area (Å²) in [6, 6.07) is 20.9. The number of nitrogens with zero attached hydrogens (tertiary/aromatic N) is 1. The average molecular weight is 438 g/mol. The number of amides is 2. The number of halogens is 1. The second-order valence-corrected chi connectivity index (χ2v) is 8.13. The van der Waals surface area contributed by atoms with E-state index in [9.17, 15) is 14.0 Å². The maximum absolute atomic E-state index is 13.1. The zero-order chi connectivity index (χ0) is 22.2. The molecular formula is C24H24FN3O2S. The molecule has 0 fully saturated rings. The summed E-state index contributed by atoms with van der Waals surface area (Å²) >= 11 is 1.45. The van der Waals surface area contributed by atoms with Crippen LogP contribution in [0.2, 0.25) is 0 Å². The van der Waals surface area contributed by atoms with Crippen LogP contribution in [-0.4, -0.2) is 31.7 Å². The molecule has 0 aliphatic carbocycles. The molecule has 0 heterocycles. The lowest BCUT2D eigenvalue weighted by Gasteiger charge is -2.18. The Labute approximate surface area is 185 Å². The van der Waals surface area contributed by atoms with Crippen LogP contribution in [0.25, 0.3) is 0 Å². The lowest BCUT2D eigenvalue weighted by atomic mass is 10.1. The SMILES string of the molecule is CN(C)c1ccc(NC(=O)CSc2ccccc2)cc1C(=O)NCc1ccc(F)cc1. The van der Waals surface area contributed by atoms with E-state index >= 15 is 0 Å². The molecule has 5 nitrogen and oxygen atoms in total. The van der Waals surface area contributed by atoms with Gasteiger partial charge in [-0.3, -0.25) is 9.59 Å². The van der Waals surface area contributed by atoms with Gasteiger partial charge < -0.3 is 15.5 Å². The predicted octanol–water partition coefficient (Wildman–Crippen LogP) is 4.55. The van der Waals surface area contributed by atoms with Gasteiger partial charge in [-0.25, -0.2) is 4.39 Å². The van der Waals surface area contributed by atoms with Gasteiger partial charge in [-0.1, -0.05) is 30.3 Å². The summed E-state index contributed by atoms with van der Waals surface area (Å²) in [6.45, 7) is 0.274. The van der Waals surface area contributed by atoms with Crippen LogP contribution >= 0.6 is 11.8 Å². The molecule has 0 aliphatic heterocycles. The molecule has 2 N–H and O–H groups in total. The Bertz CT molecular complexity index is 1040. The van der Waals surface area contributed by atoms with Gasteiger partial charge in [-0.15, -0.1) is 11.8 Å². The number of thioether (sulfide) groups is 1. The highest BCUT2D eigenvalue weighted by Gasteiger charge is 2.15. The first kappa shape index (κ1) is 22.4. The van der Waals surface area contributed by atoms with Crippen LogP contribution < -0.4 is 15.5 Å². The normalized spacial score (nSPS) is 10.4. The van der Waals surface area contributed by atoms with Gasteiger partial charge in [-0.2, -0.15) is 0 Å². The maximum atomic E-state index is 13.1. The summed E-state index contributed by atoms with van der Waals surface area (Å²) < 4.78 is 13.1. The Hall–Kier alpha value is -3.32. The molecule has 0 saturated heterocycles. The maximum Gasteiger partial charge on any atom is 0.253 e. The van der Waals surface area contributed by atoms with Gasteiger partial charge in [0.05, 0.1) is 11.3 Å². The first-order valence-electron chi connectivity index (χ1n) is 9.74. The van der Waals surface area contributed by atoms with E-state index in [4.69, 9.17) is 0 Å². The minimum Gasteiger partial charge on any atom is -0.377 e. The highest BCUT2D eigenvalue weighted by molar-refractivity contribution is 8.00. The van der Waals surface area contributed by atoms with E-state index in [-0.39, 0.29) is 29.9 Å². The number of anilines is 2. The van der Waals surface area contributed by atoms with Crippen LogP contribution in [-0.2, 0) is 11.3 Å². The van der Waals surface area contributed by atoms with Crippen molar-refractivity contribution in [3.05, 3.63) is 89.7 Å². The van der Waals surface area contributed by atoms with Gasteiger partial charge in [0.25, 0.3) is 5.91 Å². The minimum absolute atomic E-state index is 0.149. The largest absolute Gasteiger partial charge is 0.377 e. The van der Waals surface area contributed by atoms with E-state index in [2.05, 4.69) is 10.6 Å². The van der Waals surface area contributed by atoms with Crippen molar-refractivity contribution < 1.29 is 14.0 Å². The number of carbonyl (C=O) groups excluding carboxylic acids is 2. The van der Waals surface area contributed by atoms with Crippen LogP contribution in [0.4, 0.5) is 15.8 Å². The third kappa shape index (κ3) is 6.58. The summed E-state index contributed by atoms with van der Waals surface area (Å²) in [7, 11) is 3.70. The molecule has 0 radical (unpaired) electrons. The van der Waals surface area contributed by atoms with Crippen LogP contribution in [0.5, 0.6) is 0 Å². The molecule has 3 aromatic carbocycles. The predicted molar refractivity (Wildman–Crippen MR) is 124 cm³/mol. The van der Waals surface area contributed by atoms with Crippen molar-refractivity contribution in [2.75, 3.05) is 30.1 Å². The molecule has 0 bridgehead atoms. The molecule has 7 heteroatoms. The molecule has 0 spiro atoms. The monoisotopic (exact) mass is 437 g/mol. The molecule has 0 unspecified atom stereocenters. The number of hydrogen-bond donors (Lipinski definition) is 2. The summed E-state index contributed by atoms with van der Waals surface area (Å²) in [5.41, 5.74) is 2.52. The zero-order valence-electron chi connectivity index (χ0n) is 17.4. The third-order valence-corrected chi connectivity index (χ3v) is 5.50. The third-order valence-electron chi connectivity index (χ3n) is 4.49. The molecule has 160 valence electrons. The van der Waals surface area contributed by atoms with Gasteiger partial charge in [0.15, 0.2) is 0 Å². The molecule has 0 saturated carbocycles. The molecule has 2 amide bonds. The molecule has 0 aliphatic rings. The van der Waals surface area contributed by atoms with Gasteiger partial charge >= 0.3 is 0 Å². The van der Waals surface area contributed by atoms with Crippen molar-refractivity contribution in [2.45, 2.75) is 11.4 Å². The molecular weight excluding hydrogens is 413 g/mol. The van der Waals surface area contributed by atoms with Gasteiger partial charge in [0.1, 0.15) is 5.82 Å². The second kappa shape index (κ2) is 10.6. The fourth-order valence-corrected chi connectivity index (χ4v) is 3.65. The number of carbonyl (C=O) groups is 2. The van der Waals surface area contributed by atoms with Gasteiger partial charge in [-0.05, 0) is 48.0 Å². The summed E-state index contributed by atoms with van der Waals surface area (Å²) in [6.07, 6.45) is 0. The smallest absolute Gasteiger partial charge is 0.253 e. The lowest BCUT2D eigenvalue weighted by Crippen LogP contribution is -2.26. The first-order valence-corrected chi connectivity index (χ1v) is 10.7. The van der Waals surface area contributed by atoms with Gasteiger partial charge in [0, 0.05) is 36.9 Å². The highest BCUT2D eigenvalue weighted by atomic mass is 32.2. The molecule has 0 atom stereocenters. The fraction of sp³-hybridized carbons (Fsp3) is 0.167. The molecule has 0 aromatic heterocycles. The van der Waals surface area contributed by atoms with Crippen LogP contribution in [0.15, 0.2) is 77.7 Å². The standard InChI is InChI=1S/C24H24FN3O2S/c1-28(2)22-13-12-19(27-23(29)16-31-20-6-4-3-5-7-20)14-21(22)24(30)26-15-17-8-10-18(25)11-9-17/h3-14H,15-16H2,1-2H3,(H,26,30)(H,27,29). The number of benzene rings is 3. The number of rotatable bonds is 8. The summed E-state index contributed by atoms with van der Waals surface area (Å²) in [5.74, 6) is -0.475. The zero-order valence-corrected chi connectivity index (χ0v) is 18.2. The van der Waals surface area contributed by atoms with E-state index in [1.54, 1.807) is 30.3 Å².